The van der Waals surface area contributed by atoms with Crippen molar-refractivity contribution in [1.82, 2.24) is 14.1 Å². The molecule has 196 valence electrons. The van der Waals surface area contributed by atoms with Gasteiger partial charge in [-0.05, 0) is 47.3 Å². The van der Waals surface area contributed by atoms with Crippen LogP contribution in [0.4, 0.5) is 0 Å². The molecule has 0 spiro atoms. The molecule has 3 heterocycles. The molecule has 0 unspecified atom stereocenters. The van der Waals surface area contributed by atoms with Crippen LogP contribution in [0.15, 0.2) is 152 Å². The van der Waals surface area contributed by atoms with Crippen LogP contribution in [-0.2, 0) is 0 Å². The zero-order chi connectivity index (χ0) is 27.6. The van der Waals surface area contributed by atoms with Gasteiger partial charge in [-0.15, -0.1) is 0 Å². The fraction of sp³-hybridized carbons (Fsp3) is 0. The summed E-state index contributed by atoms with van der Waals surface area (Å²) in [5, 5.41) is 7.39. The molecule has 0 saturated carbocycles. The monoisotopic (exact) mass is 535 g/mol. The van der Waals surface area contributed by atoms with E-state index in [2.05, 4.69) is 149 Å². The van der Waals surface area contributed by atoms with Gasteiger partial charge in [0, 0.05) is 44.4 Å². The van der Waals surface area contributed by atoms with Gasteiger partial charge in [0.2, 0.25) is 0 Å². The second kappa shape index (κ2) is 8.92. The molecule has 3 nitrogen and oxygen atoms in total. The van der Waals surface area contributed by atoms with E-state index in [0.29, 0.717) is 0 Å². The first-order valence-corrected chi connectivity index (χ1v) is 14.3. The first kappa shape index (κ1) is 23.1. The lowest BCUT2D eigenvalue weighted by atomic mass is 10.0. The molecular weight excluding hydrogens is 510 g/mol. The lowest BCUT2D eigenvalue weighted by molar-refractivity contribution is 1.08. The Hall–Kier alpha value is -5.67. The van der Waals surface area contributed by atoms with Crippen LogP contribution in [0.5, 0.6) is 0 Å². The van der Waals surface area contributed by atoms with E-state index in [1.54, 1.807) is 0 Å². The van der Waals surface area contributed by atoms with Crippen molar-refractivity contribution >= 4 is 54.4 Å². The first-order chi connectivity index (χ1) is 20.9. The van der Waals surface area contributed by atoms with Gasteiger partial charge in [0.05, 0.1) is 22.1 Å². The van der Waals surface area contributed by atoms with E-state index in [1.165, 1.54) is 54.4 Å². The maximum absolute atomic E-state index is 5.06. The minimum absolute atomic E-state index is 0.910. The third-order valence-electron chi connectivity index (χ3n) is 8.55. The average Bonchev–Trinajstić information content (AvgIpc) is 3.59. The maximum atomic E-state index is 5.06. The summed E-state index contributed by atoms with van der Waals surface area (Å²) in [6.45, 7) is 0. The number of aromatic nitrogens is 3. The number of fused-ring (bicyclic) bond motifs is 9. The van der Waals surface area contributed by atoms with Crippen molar-refractivity contribution in [2.24, 2.45) is 0 Å². The number of pyridine rings is 1. The van der Waals surface area contributed by atoms with Crippen LogP contribution in [0.3, 0.4) is 0 Å². The fourth-order valence-corrected chi connectivity index (χ4v) is 6.72. The van der Waals surface area contributed by atoms with Crippen molar-refractivity contribution in [2.45, 2.75) is 0 Å². The molecule has 0 N–H and O–H groups in total. The molecule has 9 rings (SSSR count). The minimum Gasteiger partial charge on any atom is -0.309 e. The van der Waals surface area contributed by atoms with Crippen molar-refractivity contribution in [3.05, 3.63) is 152 Å². The van der Waals surface area contributed by atoms with Gasteiger partial charge < -0.3 is 4.57 Å². The maximum Gasteiger partial charge on any atom is 0.137 e. The summed E-state index contributed by atoms with van der Waals surface area (Å²) in [7, 11) is 0. The minimum atomic E-state index is 0.910. The summed E-state index contributed by atoms with van der Waals surface area (Å²) in [4.78, 5) is 5.06. The number of hydrogen-bond acceptors (Lipinski definition) is 1. The van der Waals surface area contributed by atoms with Crippen LogP contribution in [-0.4, -0.2) is 14.1 Å². The van der Waals surface area contributed by atoms with Gasteiger partial charge in [-0.2, -0.15) is 0 Å². The molecule has 0 aliphatic rings. The molecule has 0 aliphatic heterocycles. The van der Waals surface area contributed by atoms with Gasteiger partial charge in [-0.3, -0.25) is 4.57 Å². The molecule has 0 bridgehead atoms. The SMILES string of the molecule is c1ccc(-c2ccc(-n3c4ccccc4c4ccc5ccc6c7ccccc7n(-c7ccccc7)c6c5c43)nc2)cc1. The van der Waals surface area contributed by atoms with Crippen LogP contribution < -0.4 is 0 Å². The van der Waals surface area contributed by atoms with Gasteiger partial charge in [0.25, 0.3) is 0 Å². The van der Waals surface area contributed by atoms with Crippen LogP contribution in [0.25, 0.3) is 77.0 Å². The first-order valence-electron chi connectivity index (χ1n) is 14.3. The predicted octanol–water partition coefficient (Wildman–Crippen LogP) is 10.1. The standard InChI is InChI=1S/C39H25N3/c1-3-11-26(12-4-1)28-21-24-36(40-25-28)42-35-18-10-8-16-31(35)33-23-20-27-19-22-32-30-15-7-9-17-34(30)41(29-13-5-2-6-14-29)38(32)37(27)39(33)42/h1-25H. The second-order valence-electron chi connectivity index (χ2n) is 10.8. The highest BCUT2D eigenvalue weighted by molar-refractivity contribution is 6.28. The zero-order valence-electron chi connectivity index (χ0n) is 22.8. The molecule has 0 saturated heterocycles. The Morgan fingerprint density at radius 2 is 0.976 bits per heavy atom. The molecule has 42 heavy (non-hydrogen) atoms. The van der Waals surface area contributed by atoms with Crippen molar-refractivity contribution in [2.75, 3.05) is 0 Å². The zero-order valence-corrected chi connectivity index (χ0v) is 22.8. The molecule has 6 aromatic carbocycles. The van der Waals surface area contributed by atoms with Gasteiger partial charge in [0.1, 0.15) is 5.82 Å². The highest BCUT2D eigenvalue weighted by Crippen LogP contribution is 2.42. The molecule has 3 aromatic heterocycles. The van der Waals surface area contributed by atoms with E-state index in [1.807, 2.05) is 12.3 Å². The number of hydrogen-bond donors (Lipinski definition) is 0. The fourth-order valence-electron chi connectivity index (χ4n) is 6.72. The third-order valence-corrected chi connectivity index (χ3v) is 8.55. The van der Waals surface area contributed by atoms with Crippen LogP contribution >= 0.6 is 0 Å². The number of benzene rings is 6. The summed E-state index contributed by atoms with van der Waals surface area (Å²) in [6, 6.07) is 52.0. The Morgan fingerprint density at radius 3 is 1.62 bits per heavy atom. The molecule has 0 amide bonds. The van der Waals surface area contributed by atoms with Gasteiger partial charge in [-0.1, -0.05) is 109 Å². The molecule has 0 fully saturated rings. The van der Waals surface area contributed by atoms with Crippen molar-refractivity contribution in [1.29, 1.82) is 0 Å². The molecular formula is C39H25N3. The smallest absolute Gasteiger partial charge is 0.137 e. The summed E-state index contributed by atoms with van der Waals surface area (Å²) in [6.07, 6.45) is 1.99. The average molecular weight is 536 g/mol. The summed E-state index contributed by atoms with van der Waals surface area (Å²) >= 11 is 0. The number of rotatable bonds is 3. The largest absolute Gasteiger partial charge is 0.309 e. The number of para-hydroxylation sites is 3. The molecule has 3 heteroatoms. The highest BCUT2D eigenvalue weighted by atomic mass is 15.1. The Balaban J connectivity index is 1.46. The molecule has 0 aliphatic carbocycles. The molecule has 9 aromatic rings. The lowest BCUT2D eigenvalue weighted by Gasteiger charge is -2.13. The van der Waals surface area contributed by atoms with Crippen LogP contribution in [0.2, 0.25) is 0 Å². The Morgan fingerprint density at radius 1 is 0.405 bits per heavy atom. The van der Waals surface area contributed by atoms with E-state index in [-0.39, 0.29) is 0 Å². The summed E-state index contributed by atoms with van der Waals surface area (Å²) < 4.78 is 4.79. The van der Waals surface area contributed by atoms with E-state index < -0.39 is 0 Å². The van der Waals surface area contributed by atoms with Crippen LogP contribution in [0.1, 0.15) is 0 Å². The quantitative estimate of drug-likeness (QED) is 0.221. The third kappa shape index (κ3) is 3.25. The Labute approximate surface area is 242 Å². The normalized spacial score (nSPS) is 11.8. The summed E-state index contributed by atoms with van der Waals surface area (Å²) in [5.74, 6) is 0.910. The van der Waals surface area contributed by atoms with E-state index >= 15 is 0 Å². The van der Waals surface area contributed by atoms with Crippen molar-refractivity contribution in [3.63, 3.8) is 0 Å². The van der Waals surface area contributed by atoms with Gasteiger partial charge in [-0.25, -0.2) is 4.98 Å². The topological polar surface area (TPSA) is 22.8 Å². The highest BCUT2D eigenvalue weighted by Gasteiger charge is 2.21. The van der Waals surface area contributed by atoms with Crippen molar-refractivity contribution in [3.8, 4) is 22.6 Å². The van der Waals surface area contributed by atoms with Crippen molar-refractivity contribution < 1.29 is 0 Å². The van der Waals surface area contributed by atoms with E-state index in [4.69, 9.17) is 4.98 Å². The second-order valence-corrected chi connectivity index (χ2v) is 10.8. The number of nitrogens with zero attached hydrogens (tertiary/aromatic N) is 3. The van der Waals surface area contributed by atoms with Gasteiger partial charge >= 0.3 is 0 Å². The predicted molar refractivity (Wildman–Crippen MR) is 176 cm³/mol. The van der Waals surface area contributed by atoms with E-state index in [9.17, 15) is 0 Å². The van der Waals surface area contributed by atoms with Crippen LogP contribution in [0, 0.1) is 0 Å². The van der Waals surface area contributed by atoms with E-state index in [0.717, 1.165) is 22.6 Å². The summed E-state index contributed by atoms with van der Waals surface area (Å²) in [5.41, 5.74) is 8.18. The molecule has 0 radical (unpaired) electrons. The Kier molecular flexibility index (Phi) is 4.90. The Bertz CT molecular complexity index is 2430. The lowest BCUT2D eigenvalue weighted by Crippen LogP contribution is -1.99. The van der Waals surface area contributed by atoms with Gasteiger partial charge in [0.15, 0.2) is 0 Å². The molecule has 0 atom stereocenters.